The number of rotatable bonds is 2. The largest absolute Gasteiger partial charge is 0.624 e. The number of methoxy groups -OCH3 is 2. The first kappa shape index (κ1) is 7.50. The fraction of sp³-hybridized carbons (Fsp3) is 0.833. The lowest BCUT2D eigenvalue weighted by atomic mass is 10.2. The lowest BCUT2D eigenvalue weighted by Gasteiger charge is -2.10. The first-order valence-electron chi connectivity index (χ1n) is 3.12. The highest BCUT2D eigenvalue weighted by Gasteiger charge is 2.31. The average Bonchev–Trinajstić information content (AvgIpc) is 2.30. The summed E-state index contributed by atoms with van der Waals surface area (Å²) < 4.78 is 10.8. The molecule has 0 saturated heterocycles. The third kappa shape index (κ3) is 1.27. The van der Waals surface area contributed by atoms with Gasteiger partial charge in [-0.05, 0) is 0 Å². The van der Waals surface area contributed by atoms with E-state index in [1.807, 2.05) is 0 Å². The van der Waals surface area contributed by atoms with Gasteiger partial charge < -0.3 is 14.7 Å². The lowest BCUT2D eigenvalue weighted by Crippen LogP contribution is -2.28. The standard InChI is InChI=1S/C6H11NO3/c1-9-5-3-7(8)4-6(5)10-2/h3,5-6H,4H2,1-2H3/t5-,6-/m1/s1. The van der Waals surface area contributed by atoms with Crippen LogP contribution in [0.15, 0.2) is 0 Å². The van der Waals surface area contributed by atoms with Gasteiger partial charge in [0, 0.05) is 14.2 Å². The Morgan fingerprint density at radius 3 is 2.60 bits per heavy atom. The van der Waals surface area contributed by atoms with E-state index in [0.29, 0.717) is 6.54 Å². The predicted molar refractivity (Wildman–Crippen MR) is 36.2 cm³/mol. The van der Waals surface area contributed by atoms with Crippen molar-refractivity contribution in [1.29, 1.82) is 0 Å². The van der Waals surface area contributed by atoms with Crippen LogP contribution in [0.3, 0.4) is 0 Å². The number of nitrogens with zero attached hydrogens (tertiary/aromatic N) is 1. The van der Waals surface area contributed by atoms with E-state index in [-0.39, 0.29) is 12.2 Å². The molecule has 0 saturated carbocycles. The second kappa shape index (κ2) is 2.98. The molecule has 0 spiro atoms. The maximum Gasteiger partial charge on any atom is 0.183 e. The molecule has 1 rings (SSSR count). The van der Waals surface area contributed by atoms with Gasteiger partial charge in [-0.15, -0.1) is 0 Å². The van der Waals surface area contributed by atoms with Crippen molar-refractivity contribution in [2.45, 2.75) is 12.2 Å². The van der Waals surface area contributed by atoms with E-state index in [4.69, 9.17) is 9.47 Å². The first-order valence-corrected chi connectivity index (χ1v) is 3.12. The Hall–Kier alpha value is -0.610. The molecule has 0 aromatic heterocycles. The second-order valence-electron chi connectivity index (χ2n) is 2.22. The predicted octanol–water partition coefficient (Wildman–Crippen LogP) is -0.389. The molecule has 1 aliphatic heterocycles. The summed E-state index contributed by atoms with van der Waals surface area (Å²) in [6, 6.07) is 0. The molecule has 10 heavy (non-hydrogen) atoms. The van der Waals surface area contributed by atoms with Crippen molar-refractivity contribution in [3.63, 3.8) is 0 Å². The van der Waals surface area contributed by atoms with Crippen molar-refractivity contribution in [3.8, 4) is 0 Å². The quantitative estimate of drug-likeness (QED) is 0.392. The Morgan fingerprint density at radius 2 is 2.20 bits per heavy atom. The molecule has 0 aliphatic carbocycles. The number of ether oxygens (including phenoxy) is 2. The minimum absolute atomic E-state index is 0.109. The molecule has 0 unspecified atom stereocenters. The molecule has 0 bridgehead atoms. The van der Waals surface area contributed by atoms with Gasteiger partial charge in [0.1, 0.15) is 0 Å². The molecule has 4 nitrogen and oxygen atoms in total. The molecule has 2 atom stereocenters. The van der Waals surface area contributed by atoms with Gasteiger partial charge >= 0.3 is 0 Å². The zero-order valence-electron chi connectivity index (χ0n) is 6.11. The molecular weight excluding hydrogens is 134 g/mol. The summed E-state index contributed by atoms with van der Waals surface area (Å²) in [5.74, 6) is 0. The fourth-order valence-corrected chi connectivity index (χ4v) is 1.02. The van der Waals surface area contributed by atoms with Gasteiger partial charge in [0.25, 0.3) is 0 Å². The van der Waals surface area contributed by atoms with Crippen molar-refractivity contribution < 1.29 is 14.2 Å². The third-order valence-corrected chi connectivity index (χ3v) is 1.61. The minimum atomic E-state index is -0.178. The number of hydrogen-bond donors (Lipinski definition) is 0. The first-order chi connectivity index (χ1) is 4.77. The van der Waals surface area contributed by atoms with Crippen LogP contribution in [0, 0.1) is 5.21 Å². The van der Waals surface area contributed by atoms with Crippen molar-refractivity contribution in [3.05, 3.63) is 5.21 Å². The highest BCUT2D eigenvalue weighted by atomic mass is 16.5. The average molecular weight is 145 g/mol. The van der Waals surface area contributed by atoms with Gasteiger partial charge in [-0.25, -0.2) is 4.74 Å². The summed E-state index contributed by atoms with van der Waals surface area (Å²) in [5, 5.41) is 10.7. The smallest absolute Gasteiger partial charge is 0.183 e. The minimum Gasteiger partial charge on any atom is -0.624 e. The van der Waals surface area contributed by atoms with Crippen molar-refractivity contribution in [1.82, 2.24) is 0 Å². The molecule has 0 aromatic rings. The molecule has 0 radical (unpaired) electrons. The van der Waals surface area contributed by atoms with Crippen LogP contribution in [0.5, 0.6) is 0 Å². The second-order valence-corrected chi connectivity index (χ2v) is 2.22. The summed E-state index contributed by atoms with van der Waals surface area (Å²) in [6.45, 7) is 0.370. The van der Waals surface area contributed by atoms with Gasteiger partial charge in [-0.1, -0.05) is 0 Å². The Labute approximate surface area is 59.6 Å². The van der Waals surface area contributed by atoms with Crippen molar-refractivity contribution >= 4 is 6.21 Å². The number of hydroxylamine groups is 1. The molecule has 1 heterocycles. The molecule has 0 N–H and O–H groups in total. The van der Waals surface area contributed by atoms with E-state index in [0.717, 1.165) is 4.74 Å². The Morgan fingerprint density at radius 1 is 1.50 bits per heavy atom. The summed E-state index contributed by atoms with van der Waals surface area (Å²) >= 11 is 0. The topological polar surface area (TPSA) is 44.5 Å². The molecule has 58 valence electrons. The molecule has 0 aromatic carbocycles. The maximum atomic E-state index is 10.7. The van der Waals surface area contributed by atoms with Crippen LogP contribution in [0.1, 0.15) is 0 Å². The van der Waals surface area contributed by atoms with Crippen LogP contribution in [0.25, 0.3) is 0 Å². The summed E-state index contributed by atoms with van der Waals surface area (Å²) in [7, 11) is 3.13. The summed E-state index contributed by atoms with van der Waals surface area (Å²) in [5.41, 5.74) is 0. The highest BCUT2D eigenvalue weighted by Crippen LogP contribution is 2.06. The SMILES string of the molecule is CO[C@@H]1C=[N+]([O-])C[C@H]1OC. The highest BCUT2D eigenvalue weighted by molar-refractivity contribution is 5.60. The van der Waals surface area contributed by atoms with Crippen molar-refractivity contribution in [2.75, 3.05) is 20.8 Å². The zero-order chi connectivity index (χ0) is 7.56. The lowest BCUT2D eigenvalue weighted by molar-refractivity contribution is -0.452. The molecule has 0 fully saturated rings. The van der Waals surface area contributed by atoms with Gasteiger partial charge in [0.2, 0.25) is 0 Å². The Kier molecular flexibility index (Phi) is 2.24. The van der Waals surface area contributed by atoms with Crippen molar-refractivity contribution in [2.24, 2.45) is 0 Å². The molecular formula is C6H11NO3. The molecule has 1 aliphatic rings. The van der Waals surface area contributed by atoms with E-state index in [9.17, 15) is 5.21 Å². The van der Waals surface area contributed by atoms with Gasteiger partial charge in [0.05, 0.1) is 0 Å². The van der Waals surface area contributed by atoms with Crippen LogP contribution in [0.2, 0.25) is 0 Å². The number of hydrogen-bond acceptors (Lipinski definition) is 3. The van der Waals surface area contributed by atoms with Crippen LogP contribution in [-0.4, -0.2) is 43.9 Å². The molecule has 0 amide bonds. The Bertz CT molecular complexity index is 146. The third-order valence-electron chi connectivity index (χ3n) is 1.61. The molecule has 4 heteroatoms. The zero-order valence-corrected chi connectivity index (χ0v) is 6.11. The summed E-state index contributed by atoms with van der Waals surface area (Å²) in [4.78, 5) is 0. The van der Waals surface area contributed by atoms with Crippen LogP contribution < -0.4 is 0 Å². The Balaban J connectivity index is 2.52. The fourth-order valence-electron chi connectivity index (χ4n) is 1.02. The van der Waals surface area contributed by atoms with Gasteiger partial charge in [-0.2, -0.15) is 0 Å². The van der Waals surface area contributed by atoms with E-state index < -0.39 is 0 Å². The van der Waals surface area contributed by atoms with E-state index in [1.54, 1.807) is 14.2 Å². The van der Waals surface area contributed by atoms with Gasteiger partial charge in [0.15, 0.2) is 25.0 Å². The summed E-state index contributed by atoms with van der Waals surface area (Å²) in [6.07, 6.45) is 1.19. The van der Waals surface area contributed by atoms with E-state index in [1.165, 1.54) is 6.21 Å². The van der Waals surface area contributed by atoms with E-state index >= 15 is 0 Å². The van der Waals surface area contributed by atoms with Crippen LogP contribution in [-0.2, 0) is 9.47 Å². The monoisotopic (exact) mass is 145 g/mol. The van der Waals surface area contributed by atoms with Crippen LogP contribution in [0.4, 0.5) is 0 Å². The normalized spacial score (nSPS) is 32.4. The van der Waals surface area contributed by atoms with E-state index in [2.05, 4.69) is 0 Å². The van der Waals surface area contributed by atoms with Crippen LogP contribution >= 0.6 is 0 Å². The van der Waals surface area contributed by atoms with Gasteiger partial charge in [-0.3, -0.25) is 0 Å². The maximum absolute atomic E-state index is 10.7.